The zero-order valence-corrected chi connectivity index (χ0v) is 11.0. The van der Waals surface area contributed by atoms with Gasteiger partial charge in [0.15, 0.2) is 0 Å². The number of nitrogens with one attached hydrogen (secondary N) is 1. The summed E-state index contributed by atoms with van der Waals surface area (Å²) in [5.41, 5.74) is 0.405. The first-order chi connectivity index (χ1) is 9.74. The number of carbonyl (C=O) groups is 2. The summed E-state index contributed by atoms with van der Waals surface area (Å²) in [5, 5.41) is 6.18. The Balaban J connectivity index is 1.73. The molecule has 1 amide bonds. The maximum atomic E-state index is 11.9. The minimum Gasteiger partial charge on any atom is -0.337 e. The Kier molecular flexibility index (Phi) is 3.42. The van der Waals surface area contributed by atoms with Gasteiger partial charge in [-0.3, -0.25) is 14.6 Å². The predicted octanol–water partition coefficient (Wildman–Crippen LogP) is 0.288. The molecule has 1 atom stereocenters. The Hall–Kier alpha value is -2.29. The van der Waals surface area contributed by atoms with Crippen LogP contribution in [0.1, 0.15) is 17.1 Å². The van der Waals surface area contributed by atoms with Gasteiger partial charge in [-0.1, -0.05) is 16.9 Å². The highest BCUT2D eigenvalue weighted by Gasteiger charge is 2.29. The molecule has 1 N–H and O–H groups in total. The second kappa shape index (κ2) is 5.37. The number of hydrogen-bond acceptors (Lipinski definition) is 8. The van der Waals surface area contributed by atoms with E-state index in [0.717, 1.165) is 0 Å². The molecule has 1 fully saturated rings. The molecule has 3 rings (SSSR count). The van der Waals surface area contributed by atoms with Crippen LogP contribution in [0.5, 0.6) is 0 Å². The largest absolute Gasteiger partial charge is 0.337 e. The van der Waals surface area contributed by atoms with Crippen molar-refractivity contribution in [3.05, 3.63) is 24.5 Å². The standard InChI is InChI=1S/C11H9N5O3S/c17-9(14-6-1-4-20-11(6)18)10-15-8(16-19-10)7-5-12-2-3-13-7/h2-3,5-6H,1,4H2,(H,14,17). The maximum absolute atomic E-state index is 11.9. The summed E-state index contributed by atoms with van der Waals surface area (Å²) >= 11 is 1.21. The van der Waals surface area contributed by atoms with Gasteiger partial charge in [0, 0.05) is 18.1 Å². The van der Waals surface area contributed by atoms with Gasteiger partial charge in [0.1, 0.15) is 5.69 Å². The Labute approximate surface area is 117 Å². The first-order valence-corrected chi connectivity index (χ1v) is 6.80. The van der Waals surface area contributed by atoms with Crippen molar-refractivity contribution < 1.29 is 14.1 Å². The molecule has 1 aliphatic heterocycles. The lowest BCUT2D eigenvalue weighted by Gasteiger charge is -2.06. The van der Waals surface area contributed by atoms with Crippen molar-refractivity contribution in [2.24, 2.45) is 0 Å². The molecule has 3 heterocycles. The van der Waals surface area contributed by atoms with Crippen LogP contribution in [0.2, 0.25) is 0 Å². The Morgan fingerprint density at radius 3 is 3.05 bits per heavy atom. The van der Waals surface area contributed by atoms with E-state index in [0.29, 0.717) is 17.9 Å². The van der Waals surface area contributed by atoms with E-state index < -0.39 is 11.9 Å². The summed E-state index contributed by atoms with van der Waals surface area (Å²) in [4.78, 5) is 35.1. The summed E-state index contributed by atoms with van der Waals surface area (Å²) in [7, 11) is 0. The highest BCUT2D eigenvalue weighted by atomic mass is 32.2. The van der Waals surface area contributed by atoms with Crippen LogP contribution in [0.25, 0.3) is 11.5 Å². The molecule has 2 aromatic heterocycles. The van der Waals surface area contributed by atoms with Gasteiger partial charge in [0.05, 0.1) is 12.2 Å². The number of nitrogens with zero attached hydrogens (tertiary/aromatic N) is 4. The third kappa shape index (κ3) is 2.52. The van der Waals surface area contributed by atoms with Gasteiger partial charge in [-0.2, -0.15) is 4.98 Å². The quantitative estimate of drug-likeness (QED) is 0.858. The van der Waals surface area contributed by atoms with E-state index >= 15 is 0 Å². The van der Waals surface area contributed by atoms with Crippen LogP contribution in [-0.2, 0) is 4.79 Å². The van der Waals surface area contributed by atoms with Crippen LogP contribution in [0.4, 0.5) is 0 Å². The average molecular weight is 291 g/mol. The average Bonchev–Trinajstić information content (AvgIpc) is 3.10. The first-order valence-electron chi connectivity index (χ1n) is 5.81. The summed E-state index contributed by atoms with van der Waals surface area (Å²) < 4.78 is 4.87. The van der Waals surface area contributed by atoms with Crippen LogP contribution in [-0.4, -0.2) is 42.9 Å². The molecule has 8 nitrogen and oxygen atoms in total. The predicted molar refractivity (Wildman–Crippen MR) is 68.7 cm³/mol. The van der Waals surface area contributed by atoms with E-state index in [1.54, 1.807) is 0 Å². The third-order valence-electron chi connectivity index (χ3n) is 2.65. The van der Waals surface area contributed by atoms with E-state index in [9.17, 15) is 9.59 Å². The molecule has 0 aromatic carbocycles. The lowest BCUT2D eigenvalue weighted by atomic mass is 10.2. The first kappa shape index (κ1) is 12.7. The molecule has 102 valence electrons. The second-order valence-corrected chi connectivity index (χ2v) is 5.10. The Morgan fingerprint density at radius 2 is 2.35 bits per heavy atom. The van der Waals surface area contributed by atoms with Gasteiger partial charge in [-0.05, 0) is 6.42 Å². The fourth-order valence-corrected chi connectivity index (χ4v) is 2.61. The van der Waals surface area contributed by atoms with Crippen LogP contribution >= 0.6 is 11.8 Å². The Bertz CT molecular complexity index is 645. The van der Waals surface area contributed by atoms with Gasteiger partial charge in [-0.25, -0.2) is 4.98 Å². The van der Waals surface area contributed by atoms with E-state index in [-0.39, 0.29) is 16.8 Å². The van der Waals surface area contributed by atoms with Crippen molar-refractivity contribution >= 4 is 22.8 Å². The van der Waals surface area contributed by atoms with Crippen LogP contribution in [0.3, 0.4) is 0 Å². The number of amides is 1. The van der Waals surface area contributed by atoms with Crippen LogP contribution < -0.4 is 5.32 Å². The van der Waals surface area contributed by atoms with Gasteiger partial charge in [0.2, 0.25) is 10.9 Å². The fraction of sp³-hybridized carbons (Fsp3) is 0.273. The zero-order valence-electron chi connectivity index (χ0n) is 10.1. The second-order valence-electron chi connectivity index (χ2n) is 4.00. The maximum Gasteiger partial charge on any atom is 0.316 e. The van der Waals surface area contributed by atoms with E-state index in [2.05, 4.69) is 25.4 Å². The fourth-order valence-electron chi connectivity index (χ4n) is 1.68. The van der Waals surface area contributed by atoms with Gasteiger partial charge >= 0.3 is 11.8 Å². The molecule has 0 aliphatic carbocycles. The van der Waals surface area contributed by atoms with E-state index in [1.807, 2.05) is 0 Å². The smallest absolute Gasteiger partial charge is 0.316 e. The Morgan fingerprint density at radius 1 is 1.45 bits per heavy atom. The minimum atomic E-state index is -0.562. The van der Waals surface area contributed by atoms with Gasteiger partial charge in [0.25, 0.3) is 0 Å². The lowest BCUT2D eigenvalue weighted by molar-refractivity contribution is -0.112. The molecule has 2 aromatic rings. The molecular weight excluding hydrogens is 282 g/mol. The normalized spacial score (nSPS) is 18.2. The number of rotatable bonds is 3. The van der Waals surface area contributed by atoms with Gasteiger partial charge in [-0.15, -0.1) is 0 Å². The number of hydrogen-bond donors (Lipinski definition) is 1. The lowest BCUT2D eigenvalue weighted by Crippen LogP contribution is -2.37. The van der Waals surface area contributed by atoms with Crippen molar-refractivity contribution in [1.29, 1.82) is 0 Å². The summed E-state index contributed by atoms with van der Waals surface area (Å²) in [6, 6.07) is -0.487. The monoisotopic (exact) mass is 291 g/mol. The van der Waals surface area contributed by atoms with Crippen molar-refractivity contribution in [3.63, 3.8) is 0 Å². The molecule has 20 heavy (non-hydrogen) atoms. The van der Waals surface area contributed by atoms with E-state index in [1.165, 1.54) is 30.4 Å². The highest BCUT2D eigenvalue weighted by Crippen LogP contribution is 2.20. The van der Waals surface area contributed by atoms with Crippen LogP contribution in [0, 0.1) is 0 Å². The van der Waals surface area contributed by atoms with Gasteiger partial charge < -0.3 is 9.84 Å². The van der Waals surface area contributed by atoms with Crippen molar-refractivity contribution in [3.8, 4) is 11.5 Å². The topological polar surface area (TPSA) is 111 Å². The number of aromatic nitrogens is 4. The SMILES string of the molecule is O=C(NC1CCSC1=O)c1nc(-c2cnccn2)no1. The van der Waals surface area contributed by atoms with E-state index in [4.69, 9.17) is 4.52 Å². The molecule has 0 spiro atoms. The van der Waals surface area contributed by atoms with Crippen LogP contribution in [0.15, 0.2) is 23.1 Å². The molecular formula is C11H9N5O3S. The third-order valence-corrected chi connectivity index (χ3v) is 3.66. The molecule has 1 aliphatic rings. The highest BCUT2D eigenvalue weighted by molar-refractivity contribution is 8.14. The number of thioether (sulfide) groups is 1. The van der Waals surface area contributed by atoms with Crippen molar-refractivity contribution in [1.82, 2.24) is 25.4 Å². The number of carbonyl (C=O) groups excluding carboxylic acids is 2. The summed E-state index contributed by atoms with van der Waals surface area (Å²) in [6.45, 7) is 0. The molecule has 9 heteroatoms. The molecule has 0 bridgehead atoms. The zero-order chi connectivity index (χ0) is 13.9. The molecule has 1 unspecified atom stereocenters. The summed E-state index contributed by atoms with van der Waals surface area (Å²) in [6.07, 6.45) is 5.07. The minimum absolute atomic E-state index is 0.0491. The van der Waals surface area contributed by atoms with Crippen molar-refractivity contribution in [2.45, 2.75) is 12.5 Å². The van der Waals surface area contributed by atoms with Crippen molar-refractivity contribution in [2.75, 3.05) is 5.75 Å². The molecule has 0 saturated carbocycles. The summed E-state index contributed by atoms with van der Waals surface area (Å²) in [5.74, 6) is 0.123. The molecule has 1 saturated heterocycles. The molecule has 0 radical (unpaired) electrons.